The lowest BCUT2D eigenvalue weighted by Gasteiger charge is -2.36. The smallest absolute Gasteiger partial charge is 0.254 e. The number of aromatic nitrogens is 2. The Kier molecular flexibility index (Phi) is 3.44. The maximum Gasteiger partial charge on any atom is 0.254 e. The third-order valence-electron chi connectivity index (χ3n) is 4.00. The lowest BCUT2D eigenvalue weighted by Crippen LogP contribution is -2.50. The highest BCUT2D eigenvalue weighted by atomic mass is 16.2. The molecule has 0 spiro atoms. The van der Waals surface area contributed by atoms with Gasteiger partial charge >= 0.3 is 0 Å². The number of carbonyl (C=O) groups excluding carboxylic acids is 1. The molecule has 1 amide bonds. The van der Waals surface area contributed by atoms with Gasteiger partial charge in [0.25, 0.3) is 5.91 Å². The first-order valence-electron chi connectivity index (χ1n) is 7.11. The van der Waals surface area contributed by atoms with Crippen LogP contribution in [0, 0.1) is 0 Å². The second-order valence-electron chi connectivity index (χ2n) is 5.56. The Morgan fingerprint density at radius 2 is 2.00 bits per heavy atom. The molecule has 0 unspecified atom stereocenters. The Hall–Kier alpha value is -1.88. The molecule has 5 nitrogen and oxygen atoms in total. The van der Waals surface area contributed by atoms with Crippen LogP contribution in [0.15, 0.2) is 24.5 Å². The van der Waals surface area contributed by atoms with E-state index in [2.05, 4.69) is 28.7 Å². The van der Waals surface area contributed by atoms with E-state index >= 15 is 0 Å². The van der Waals surface area contributed by atoms with Crippen LogP contribution in [0.3, 0.4) is 0 Å². The molecule has 0 aliphatic carbocycles. The average molecular weight is 272 g/mol. The number of hydrogen-bond donors (Lipinski definition) is 1. The molecule has 1 aliphatic heterocycles. The van der Waals surface area contributed by atoms with Crippen LogP contribution in [0.4, 0.5) is 0 Å². The highest BCUT2D eigenvalue weighted by Crippen LogP contribution is 2.15. The second-order valence-corrected chi connectivity index (χ2v) is 5.56. The van der Waals surface area contributed by atoms with E-state index in [1.54, 1.807) is 6.33 Å². The fourth-order valence-corrected chi connectivity index (χ4v) is 2.69. The number of imidazole rings is 1. The third-order valence-corrected chi connectivity index (χ3v) is 4.00. The standard InChI is InChI=1S/C15H20N4O/c1-11(2)18-5-7-19(8-6-18)15(20)12-3-4-13-14(9-12)17-10-16-13/h3-4,9-11H,5-8H2,1-2H3,(H,16,17). The number of carbonyl (C=O) groups is 1. The minimum Gasteiger partial charge on any atom is -0.345 e. The van der Waals surface area contributed by atoms with Gasteiger partial charge in [0.2, 0.25) is 0 Å². The molecule has 1 aromatic heterocycles. The van der Waals surface area contributed by atoms with Crippen LogP contribution < -0.4 is 0 Å². The monoisotopic (exact) mass is 272 g/mol. The van der Waals surface area contributed by atoms with Crippen molar-refractivity contribution in [3.8, 4) is 0 Å². The van der Waals surface area contributed by atoms with Crippen LogP contribution in [-0.4, -0.2) is 57.9 Å². The fourth-order valence-electron chi connectivity index (χ4n) is 2.69. The normalized spacial score (nSPS) is 17.1. The van der Waals surface area contributed by atoms with E-state index in [0.29, 0.717) is 6.04 Å². The van der Waals surface area contributed by atoms with Crippen LogP contribution in [0.2, 0.25) is 0 Å². The zero-order valence-corrected chi connectivity index (χ0v) is 12.0. The number of amides is 1. The van der Waals surface area contributed by atoms with Crippen molar-refractivity contribution in [1.82, 2.24) is 19.8 Å². The first kappa shape index (κ1) is 13.1. The zero-order valence-electron chi connectivity index (χ0n) is 12.0. The summed E-state index contributed by atoms with van der Waals surface area (Å²) < 4.78 is 0. The molecule has 0 bridgehead atoms. The average Bonchev–Trinajstić information content (AvgIpc) is 2.94. The van der Waals surface area contributed by atoms with Gasteiger partial charge in [-0.2, -0.15) is 0 Å². The Morgan fingerprint density at radius 3 is 2.70 bits per heavy atom. The minimum atomic E-state index is 0.116. The number of nitrogens with one attached hydrogen (secondary N) is 1. The van der Waals surface area contributed by atoms with E-state index in [0.717, 1.165) is 42.8 Å². The molecule has 0 radical (unpaired) electrons. The number of rotatable bonds is 2. The highest BCUT2D eigenvalue weighted by molar-refractivity contribution is 5.97. The molecule has 0 atom stereocenters. The van der Waals surface area contributed by atoms with Gasteiger partial charge in [0, 0.05) is 37.8 Å². The van der Waals surface area contributed by atoms with Gasteiger partial charge in [-0.3, -0.25) is 9.69 Å². The van der Waals surface area contributed by atoms with Crippen molar-refractivity contribution in [3.05, 3.63) is 30.1 Å². The van der Waals surface area contributed by atoms with Crippen LogP contribution >= 0.6 is 0 Å². The molecule has 1 aliphatic rings. The Labute approximate surface area is 118 Å². The van der Waals surface area contributed by atoms with Gasteiger partial charge in [0.05, 0.1) is 17.4 Å². The molecule has 2 aromatic rings. The fraction of sp³-hybridized carbons (Fsp3) is 0.467. The lowest BCUT2D eigenvalue weighted by molar-refractivity contribution is 0.0595. The van der Waals surface area contributed by atoms with E-state index in [-0.39, 0.29) is 5.91 Å². The van der Waals surface area contributed by atoms with Gasteiger partial charge in [0.15, 0.2) is 0 Å². The Bertz CT molecular complexity index is 611. The van der Waals surface area contributed by atoms with Crippen LogP contribution in [0.1, 0.15) is 24.2 Å². The molecule has 0 saturated carbocycles. The number of nitrogens with zero attached hydrogens (tertiary/aromatic N) is 3. The molecule has 5 heteroatoms. The van der Waals surface area contributed by atoms with Crippen molar-refractivity contribution in [1.29, 1.82) is 0 Å². The quantitative estimate of drug-likeness (QED) is 0.906. The summed E-state index contributed by atoms with van der Waals surface area (Å²) in [5.74, 6) is 0.116. The first-order chi connectivity index (χ1) is 9.65. The molecule has 106 valence electrons. The van der Waals surface area contributed by atoms with Gasteiger partial charge in [-0.05, 0) is 32.0 Å². The summed E-state index contributed by atoms with van der Waals surface area (Å²) >= 11 is 0. The summed E-state index contributed by atoms with van der Waals surface area (Å²) in [6.07, 6.45) is 1.65. The molecule has 2 heterocycles. The van der Waals surface area contributed by atoms with E-state index in [4.69, 9.17) is 0 Å². The molecular weight excluding hydrogens is 252 g/mol. The van der Waals surface area contributed by atoms with Crippen molar-refractivity contribution in [2.45, 2.75) is 19.9 Å². The third kappa shape index (κ3) is 2.41. The molecule has 20 heavy (non-hydrogen) atoms. The van der Waals surface area contributed by atoms with Crippen molar-refractivity contribution >= 4 is 16.9 Å². The number of aromatic amines is 1. The number of benzene rings is 1. The topological polar surface area (TPSA) is 52.2 Å². The summed E-state index contributed by atoms with van der Waals surface area (Å²) in [5.41, 5.74) is 2.54. The Balaban J connectivity index is 1.73. The first-order valence-corrected chi connectivity index (χ1v) is 7.11. The van der Waals surface area contributed by atoms with Crippen molar-refractivity contribution in [2.24, 2.45) is 0 Å². The molecule has 3 rings (SSSR count). The van der Waals surface area contributed by atoms with E-state index < -0.39 is 0 Å². The summed E-state index contributed by atoms with van der Waals surface area (Å²) in [5, 5.41) is 0. The maximum atomic E-state index is 12.5. The predicted octanol–water partition coefficient (Wildman–Crippen LogP) is 1.73. The van der Waals surface area contributed by atoms with E-state index in [9.17, 15) is 4.79 Å². The number of H-pyrrole nitrogens is 1. The molecule has 1 N–H and O–H groups in total. The van der Waals surface area contributed by atoms with Crippen LogP contribution in [0.25, 0.3) is 11.0 Å². The molecule has 1 aromatic carbocycles. The summed E-state index contributed by atoms with van der Waals surface area (Å²) in [6, 6.07) is 6.19. The molecule has 1 saturated heterocycles. The SMILES string of the molecule is CC(C)N1CCN(C(=O)c2ccc3nc[nH]c3c2)CC1. The number of hydrogen-bond acceptors (Lipinski definition) is 3. The van der Waals surface area contributed by atoms with Gasteiger partial charge in [-0.1, -0.05) is 0 Å². The van der Waals surface area contributed by atoms with Gasteiger partial charge in [-0.25, -0.2) is 4.98 Å². The predicted molar refractivity (Wildman–Crippen MR) is 78.7 cm³/mol. The largest absolute Gasteiger partial charge is 0.345 e. The van der Waals surface area contributed by atoms with E-state index in [1.807, 2.05) is 23.1 Å². The van der Waals surface area contributed by atoms with E-state index in [1.165, 1.54) is 0 Å². The second kappa shape index (κ2) is 5.25. The van der Waals surface area contributed by atoms with Gasteiger partial charge in [-0.15, -0.1) is 0 Å². The van der Waals surface area contributed by atoms with Gasteiger partial charge in [0.1, 0.15) is 0 Å². The summed E-state index contributed by atoms with van der Waals surface area (Å²) in [4.78, 5) is 24.1. The Morgan fingerprint density at radius 1 is 1.25 bits per heavy atom. The summed E-state index contributed by atoms with van der Waals surface area (Å²) in [6.45, 7) is 7.91. The minimum absolute atomic E-state index is 0.116. The van der Waals surface area contributed by atoms with Crippen molar-refractivity contribution < 1.29 is 4.79 Å². The highest BCUT2D eigenvalue weighted by Gasteiger charge is 2.23. The maximum absolute atomic E-state index is 12.5. The molecule has 1 fully saturated rings. The van der Waals surface area contributed by atoms with Crippen molar-refractivity contribution in [2.75, 3.05) is 26.2 Å². The summed E-state index contributed by atoms with van der Waals surface area (Å²) in [7, 11) is 0. The number of fused-ring (bicyclic) bond motifs is 1. The molecular formula is C15H20N4O. The zero-order chi connectivity index (χ0) is 14.1. The lowest BCUT2D eigenvalue weighted by atomic mass is 10.1. The van der Waals surface area contributed by atoms with Crippen LogP contribution in [-0.2, 0) is 0 Å². The van der Waals surface area contributed by atoms with Crippen molar-refractivity contribution in [3.63, 3.8) is 0 Å². The van der Waals surface area contributed by atoms with Crippen LogP contribution in [0.5, 0.6) is 0 Å². The number of piperazine rings is 1. The van der Waals surface area contributed by atoms with Gasteiger partial charge < -0.3 is 9.88 Å².